The summed E-state index contributed by atoms with van der Waals surface area (Å²) in [5.74, 6) is -0.988. The summed E-state index contributed by atoms with van der Waals surface area (Å²) >= 11 is 3.45. The highest BCUT2D eigenvalue weighted by Crippen LogP contribution is 2.29. The summed E-state index contributed by atoms with van der Waals surface area (Å²) in [6, 6.07) is 7.82. The van der Waals surface area contributed by atoms with Gasteiger partial charge in [-0.1, -0.05) is 23.8 Å². The highest BCUT2D eigenvalue weighted by Gasteiger charge is 2.21. The van der Waals surface area contributed by atoms with E-state index in [9.17, 15) is 9.90 Å². The van der Waals surface area contributed by atoms with Crippen molar-refractivity contribution in [2.45, 2.75) is 20.8 Å². The van der Waals surface area contributed by atoms with Crippen LogP contribution in [0.4, 0.5) is 0 Å². The molecule has 0 unspecified atom stereocenters. The van der Waals surface area contributed by atoms with Crippen LogP contribution in [0.1, 0.15) is 27.2 Å². The van der Waals surface area contributed by atoms with E-state index in [4.69, 9.17) is 0 Å². The fraction of sp³-hybridized carbons (Fsp3) is 0.176. The SMILES string of the molecule is Cc1ccc(-c2nc3cc(C)c(Br)cn3c2C(=O)O)c(C)c1. The molecule has 5 heteroatoms. The van der Waals surface area contributed by atoms with Gasteiger partial charge in [0.15, 0.2) is 5.69 Å². The normalized spacial score (nSPS) is 11.1. The van der Waals surface area contributed by atoms with Crippen molar-refractivity contribution in [1.82, 2.24) is 9.38 Å². The molecule has 0 radical (unpaired) electrons. The van der Waals surface area contributed by atoms with E-state index in [-0.39, 0.29) is 5.69 Å². The van der Waals surface area contributed by atoms with E-state index < -0.39 is 5.97 Å². The van der Waals surface area contributed by atoms with Gasteiger partial charge >= 0.3 is 5.97 Å². The first kappa shape index (κ1) is 14.8. The largest absolute Gasteiger partial charge is 0.476 e. The Bertz CT molecular complexity index is 913. The van der Waals surface area contributed by atoms with Gasteiger partial charge in [-0.05, 0) is 53.9 Å². The first-order valence-electron chi connectivity index (χ1n) is 6.87. The Balaban J connectivity index is 2.38. The number of hydrogen-bond acceptors (Lipinski definition) is 2. The predicted molar refractivity (Wildman–Crippen MR) is 89.5 cm³/mol. The van der Waals surface area contributed by atoms with Gasteiger partial charge in [-0.2, -0.15) is 0 Å². The topological polar surface area (TPSA) is 54.6 Å². The molecule has 4 nitrogen and oxygen atoms in total. The van der Waals surface area contributed by atoms with Gasteiger partial charge in [-0.15, -0.1) is 0 Å². The summed E-state index contributed by atoms with van der Waals surface area (Å²) < 4.78 is 2.47. The van der Waals surface area contributed by atoms with Crippen LogP contribution in [0.2, 0.25) is 0 Å². The lowest BCUT2D eigenvalue weighted by atomic mass is 10.0. The molecule has 0 spiro atoms. The van der Waals surface area contributed by atoms with Crippen molar-refractivity contribution in [2.24, 2.45) is 0 Å². The molecule has 3 rings (SSSR count). The van der Waals surface area contributed by atoms with Crippen LogP contribution in [-0.4, -0.2) is 20.5 Å². The molecule has 2 aromatic heterocycles. The molecule has 2 heterocycles. The van der Waals surface area contributed by atoms with Crippen LogP contribution in [0.3, 0.4) is 0 Å². The zero-order valence-electron chi connectivity index (χ0n) is 12.5. The van der Waals surface area contributed by atoms with Crippen LogP contribution in [0.5, 0.6) is 0 Å². The number of halogens is 1. The average molecular weight is 359 g/mol. The Morgan fingerprint density at radius 1 is 1.18 bits per heavy atom. The molecular formula is C17H15BrN2O2. The molecule has 0 aliphatic rings. The number of carbonyl (C=O) groups is 1. The van der Waals surface area contributed by atoms with Crippen molar-refractivity contribution in [1.29, 1.82) is 0 Å². The Kier molecular flexibility index (Phi) is 3.53. The molecule has 0 aliphatic carbocycles. The van der Waals surface area contributed by atoms with Crippen molar-refractivity contribution in [2.75, 3.05) is 0 Å². The Hall–Kier alpha value is -2.14. The van der Waals surface area contributed by atoms with Gasteiger partial charge in [-0.3, -0.25) is 4.40 Å². The maximum atomic E-state index is 11.8. The molecule has 0 aliphatic heterocycles. The summed E-state index contributed by atoms with van der Waals surface area (Å²) in [6.07, 6.45) is 1.76. The number of pyridine rings is 1. The van der Waals surface area contributed by atoms with E-state index in [2.05, 4.69) is 20.9 Å². The summed E-state index contributed by atoms with van der Waals surface area (Å²) in [4.78, 5) is 16.3. The Labute approximate surface area is 136 Å². The predicted octanol–water partition coefficient (Wildman–Crippen LogP) is 4.39. The number of imidazole rings is 1. The van der Waals surface area contributed by atoms with E-state index in [1.165, 1.54) is 0 Å². The van der Waals surface area contributed by atoms with E-state index in [1.807, 2.05) is 45.0 Å². The fourth-order valence-corrected chi connectivity index (χ4v) is 2.95. The lowest BCUT2D eigenvalue weighted by molar-refractivity contribution is 0.0690. The minimum Gasteiger partial charge on any atom is -0.476 e. The van der Waals surface area contributed by atoms with Crippen molar-refractivity contribution < 1.29 is 9.90 Å². The number of carboxylic acids is 1. The minimum absolute atomic E-state index is 0.183. The maximum absolute atomic E-state index is 11.8. The van der Waals surface area contributed by atoms with E-state index in [0.29, 0.717) is 11.3 Å². The average Bonchev–Trinajstić information content (AvgIpc) is 2.77. The van der Waals surface area contributed by atoms with Crippen LogP contribution in [0.25, 0.3) is 16.9 Å². The quantitative estimate of drug-likeness (QED) is 0.739. The first-order valence-corrected chi connectivity index (χ1v) is 7.67. The molecular weight excluding hydrogens is 344 g/mol. The zero-order valence-corrected chi connectivity index (χ0v) is 14.1. The lowest BCUT2D eigenvalue weighted by Crippen LogP contribution is -2.04. The second-order valence-corrected chi connectivity index (χ2v) is 6.32. The number of aromatic nitrogens is 2. The number of benzene rings is 1. The molecule has 0 saturated carbocycles. The van der Waals surface area contributed by atoms with Gasteiger partial charge in [-0.25, -0.2) is 9.78 Å². The highest BCUT2D eigenvalue weighted by atomic mass is 79.9. The number of aromatic carboxylic acids is 1. The fourth-order valence-electron chi connectivity index (χ4n) is 2.63. The lowest BCUT2D eigenvalue weighted by Gasteiger charge is -2.06. The smallest absolute Gasteiger partial charge is 0.355 e. The second kappa shape index (κ2) is 5.25. The number of carboxylic acid groups (broad SMARTS) is 1. The van der Waals surface area contributed by atoms with Gasteiger partial charge in [0.2, 0.25) is 0 Å². The third-order valence-electron chi connectivity index (χ3n) is 3.74. The monoisotopic (exact) mass is 358 g/mol. The first-order chi connectivity index (χ1) is 10.4. The molecule has 0 bridgehead atoms. The molecule has 0 saturated heterocycles. The van der Waals surface area contributed by atoms with Crippen LogP contribution >= 0.6 is 15.9 Å². The zero-order chi connectivity index (χ0) is 16.0. The van der Waals surface area contributed by atoms with E-state index in [1.54, 1.807) is 10.6 Å². The molecule has 0 amide bonds. The third-order valence-corrected chi connectivity index (χ3v) is 4.57. The second-order valence-electron chi connectivity index (χ2n) is 5.47. The molecule has 0 fully saturated rings. The standard InChI is InChI=1S/C17H15BrN2O2/c1-9-4-5-12(10(2)6-9)15-16(17(21)22)20-8-13(18)11(3)7-14(20)19-15/h4-8H,1-3H3,(H,21,22). The van der Waals surface area contributed by atoms with Crippen molar-refractivity contribution >= 4 is 27.5 Å². The van der Waals surface area contributed by atoms with Gasteiger partial charge in [0, 0.05) is 16.2 Å². The summed E-state index contributed by atoms with van der Waals surface area (Å²) in [7, 11) is 0. The molecule has 0 atom stereocenters. The van der Waals surface area contributed by atoms with Gasteiger partial charge in [0.05, 0.1) is 0 Å². The summed E-state index contributed by atoms with van der Waals surface area (Å²) in [5, 5.41) is 9.64. The van der Waals surface area contributed by atoms with E-state index in [0.717, 1.165) is 26.7 Å². The molecule has 112 valence electrons. The van der Waals surface area contributed by atoms with Crippen LogP contribution in [0.15, 0.2) is 34.9 Å². The van der Waals surface area contributed by atoms with Gasteiger partial charge in [0.1, 0.15) is 11.3 Å². The highest BCUT2D eigenvalue weighted by molar-refractivity contribution is 9.10. The maximum Gasteiger partial charge on any atom is 0.355 e. The van der Waals surface area contributed by atoms with Crippen molar-refractivity contribution in [3.05, 3.63) is 57.3 Å². The van der Waals surface area contributed by atoms with Crippen LogP contribution < -0.4 is 0 Å². The van der Waals surface area contributed by atoms with Crippen molar-refractivity contribution in [3.63, 3.8) is 0 Å². The number of rotatable bonds is 2. The molecule has 1 aromatic carbocycles. The molecule has 22 heavy (non-hydrogen) atoms. The van der Waals surface area contributed by atoms with Gasteiger partial charge in [0.25, 0.3) is 0 Å². The molecule has 1 N–H and O–H groups in total. The minimum atomic E-state index is -0.988. The van der Waals surface area contributed by atoms with Crippen LogP contribution in [-0.2, 0) is 0 Å². The van der Waals surface area contributed by atoms with E-state index >= 15 is 0 Å². The third kappa shape index (κ3) is 2.31. The number of aryl methyl sites for hydroxylation is 3. The summed E-state index contributed by atoms with van der Waals surface area (Å²) in [5.41, 5.74) is 5.34. The Morgan fingerprint density at radius 2 is 1.91 bits per heavy atom. The Morgan fingerprint density at radius 3 is 2.55 bits per heavy atom. The van der Waals surface area contributed by atoms with Gasteiger partial charge < -0.3 is 5.11 Å². The van der Waals surface area contributed by atoms with Crippen molar-refractivity contribution in [3.8, 4) is 11.3 Å². The van der Waals surface area contributed by atoms with Crippen LogP contribution in [0, 0.1) is 20.8 Å². The number of fused-ring (bicyclic) bond motifs is 1. The number of nitrogens with zero attached hydrogens (tertiary/aromatic N) is 2. The number of hydrogen-bond donors (Lipinski definition) is 1. The molecule has 3 aromatic rings. The summed E-state index contributed by atoms with van der Waals surface area (Å²) in [6.45, 7) is 5.94.